The lowest BCUT2D eigenvalue weighted by Gasteiger charge is -2.07. The molecule has 3 aromatic carbocycles. The molecule has 0 aliphatic carbocycles. The molecule has 0 radical (unpaired) electrons. The molecule has 0 amide bonds. The summed E-state index contributed by atoms with van der Waals surface area (Å²) in [4.78, 5) is 0. The highest BCUT2D eigenvalue weighted by molar-refractivity contribution is 5.61. The van der Waals surface area contributed by atoms with Crippen LogP contribution in [0.2, 0.25) is 0 Å². The van der Waals surface area contributed by atoms with Gasteiger partial charge in [0.2, 0.25) is 11.4 Å². The molecule has 0 spiro atoms. The lowest BCUT2D eigenvalue weighted by molar-refractivity contribution is -0.689. The number of pyridine rings is 4. The van der Waals surface area contributed by atoms with Gasteiger partial charge in [0.25, 0.3) is 0 Å². The van der Waals surface area contributed by atoms with Gasteiger partial charge in [0.1, 0.15) is 0 Å². The van der Waals surface area contributed by atoms with E-state index in [4.69, 9.17) is 0 Å². The van der Waals surface area contributed by atoms with E-state index < -0.39 is 0 Å². The summed E-state index contributed by atoms with van der Waals surface area (Å²) < 4.78 is 8.84. The number of hydrogen-bond donors (Lipinski definition) is 0. The normalized spacial score (nSPS) is 11.1. The van der Waals surface area contributed by atoms with E-state index in [1.807, 2.05) is 0 Å². The van der Waals surface area contributed by atoms with Crippen molar-refractivity contribution in [3.05, 3.63) is 193 Å². The first-order valence-corrected chi connectivity index (χ1v) is 16.8. The largest absolute Gasteiger partial charge is 0.210 e. The fraction of sp³-hybridized carbons (Fsp3) is 0.136. The summed E-state index contributed by atoms with van der Waals surface area (Å²) in [6.07, 6.45) is 18.3. The Hall–Kier alpha value is -5.74. The number of aryl methyl sites for hydroxylation is 3. The predicted octanol–water partition coefficient (Wildman–Crippen LogP) is 7.42. The first-order chi connectivity index (χ1) is 23.5. The van der Waals surface area contributed by atoms with E-state index in [1.165, 1.54) is 61.4 Å². The van der Waals surface area contributed by atoms with Crippen molar-refractivity contribution in [3.63, 3.8) is 0 Å². The van der Waals surface area contributed by atoms with Crippen LogP contribution >= 0.6 is 0 Å². The Morgan fingerprint density at radius 1 is 0.375 bits per heavy atom. The minimum atomic E-state index is 0.837. The minimum Gasteiger partial charge on any atom is -0.201 e. The second-order valence-corrected chi connectivity index (χ2v) is 12.7. The van der Waals surface area contributed by atoms with E-state index in [2.05, 4.69) is 204 Å². The molecule has 0 saturated heterocycles. The molecule has 234 valence electrons. The van der Waals surface area contributed by atoms with Crippen LogP contribution in [0.5, 0.6) is 0 Å². The third-order valence-electron chi connectivity index (χ3n) is 9.02. The van der Waals surface area contributed by atoms with E-state index in [0.29, 0.717) is 0 Å². The SMILES string of the molecule is CCc1cc(C[n+]2ccc(-c3cc[n+](-c4ccc(C)cc4)cc3)cc2)cc(C[n+]2ccc(-c3cc[n+](-c4ccc(C)cc4)cc3)cc2)c1. The van der Waals surface area contributed by atoms with Gasteiger partial charge in [-0.25, -0.2) is 9.13 Å². The average Bonchev–Trinajstić information content (AvgIpc) is 3.13. The smallest absolute Gasteiger partial charge is 0.201 e. The Bertz CT molecular complexity index is 1960. The van der Waals surface area contributed by atoms with Gasteiger partial charge in [-0.15, -0.1) is 0 Å². The van der Waals surface area contributed by atoms with Crippen LogP contribution in [0.1, 0.15) is 34.7 Å². The molecule has 4 heteroatoms. The second-order valence-electron chi connectivity index (χ2n) is 12.7. The highest BCUT2D eigenvalue weighted by atomic mass is 14.9. The van der Waals surface area contributed by atoms with Crippen LogP contribution in [-0.2, 0) is 19.5 Å². The topological polar surface area (TPSA) is 15.5 Å². The van der Waals surface area contributed by atoms with Gasteiger partial charge < -0.3 is 0 Å². The van der Waals surface area contributed by atoms with Gasteiger partial charge in [0, 0.05) is 83.9 Å². The molecule has 4 nitrogen and oxygen atoms in total. The second kappa shape index (κ2) is 13.9. The molecule has 0 aliphatic rings. The van der Waals surface area contributed by atoms with E-state index in [9.17, 15) is 0 Å². The fourth-order valence-electron chi connectivity index (χ4n) is 6.17. The van der Waals surface area contributed by atoms with Crippen LogP contribution in [-0.4, -0.2) is 0 Å². The molecule has 7 aromatic rings. The number of aromatic nitrogens is 4. The third-order valence-corrected chi connectivity index (χ3v) is 9.02. The monoisotopic (exact) mass is 626 g/mol. The molecule has 7 rings (SSSR count). The Morgan fingerprint density at radius 3 is 1.02 bits per heavy atom. The number of benzene rings is 3. The molecule has 0 unspecified atom stereocenters. The van der Waals surface area contributed by atoms with Crippen molar-refractivity contribution in [3.8, 4) is 33.6 Å². The molecule has 0 aliphatic heterocycles. The lowest BCUT2D eigenvalue weighted by atomic mass is 10.0. The van der Waals surface area contributed by atoms with E-state index in [0.717, 1.165) is 19.5 Å². The van der Waals surface area contributed by atoms with Crippen molar-refractivity contribution < 1.29 is 18.3 Å². The van der Waals surface area contributed by atoms with Crippen LogP contribution in [0.3, 0.4) is 0 Å². The van der Waals surface area contributed by atoms with E-state index in [1.54, 1.807) is 0 Å². The molecular formula is C44H42N4+4. The van der Waals surface area contributed by atoms with Gasteiger partial charge in [-0.05, 0) is 66.3 Å². The third kappa shape index (κ3) is 7.29. The molecule has 0 N–H and O–H groups in total. The summed E-state index contributed by atoms with van der Waals surface area (Å²) in [5, 5.41) is 0. The van der Waals surface area contributed by atoms with Gasteiger partial charge in [-0.1, -0.05) is 42.3 Å². The van der Waals surface area contributed by atoms with E-state index >= 15 is 0 Å². The maximum Gasteiger partial charge on any atom is 0.210 e. The Labute approximate surface area is 284 Å². The van der Waals surface area contributed by atoms with Crippen LogP contribution in [0, 0.1) is 13.8 Å². The molecule has 48 heavy (non-hydrogen) atoms. The standard InChI is InChI=1S/C44H42N4/c1-4-36-29-37(32-45-21-13-39(14-22-45)41-17-25-47(26-18-41)43-9-5-34(2)6-10-43)31-38(30-36)33-46-23-15-40(16-24-46)42-19-27-48(28-20-42)44-11-7-35(3)8-12-44/h5-31H,4,32-33H2,1-3H3/q+4. The zero-order valence-corrected chi connectivity index (χ0v) is 28.0. The van der Waals surface area contributed by atoms with Crippen LogP contribution < -0.4 is 18.3 Å². The van der Waals surface area contributed by atoms with Crippen molar-refractivity contribution in [2.45, 2.75) is 40.3 Å². The Balaban J connectivity index is 1.01. The summed E-state index contributed by atoms with van der Waals surface area (Å²) in [5.74, 6) is 0. The molecule has 4 heterocycles. The van der Waals surface area contributed by atoms with E-state index in [-0.39, 0.29) is 0 Å². The summed E-state index contributed by atoms with van der Waals surface area (Å²) >= 11 is 0. The highest BCUT2D eigenvalue weighted by Gasteiger charge is 2.13. The fourth-order valence-corrected chi connectivity index (χ4v) is 6.17. The first kappa shape index (κ1) is 30.9. The number of nitrogens with zero attached hydrogens (tertiary/aromatic N) is 4. The zero-order chi connectivity index (χ0) is 32.9. The lowest BCUT2D eigenvalue weighted by Crippen LogP contribution is -2.34. The Kier molecular flexibility index (Phi) is 8.97. The summed E-state index contributed by atoms with van der Waals surface area (Å²) in [6, 6.07) is 41.8. The van der Waals surface area contributed by atoms with Crippen molar-refractivity contribution in [1.29, 1.82) is 0 Å². The molecular weight excluding hydrogens is 585 g/mol. The number of rotatable bonds is 9. The van der Waals surface area contributed by atoms with Gasteiger partial charge in [0.05, 0.1) is 0 Å². The minimum absolute atomic E-state index is 0.837. The predicted molar refractivity (Wildman–Crippen MR) is 191 cm³/mol. The van der Waals surface area contributed by atoms with Crippen LogP contribution in [0.15, 0.2) is 165 Å². The molecule has 0 saturated carbocycles. The molecule has 4 aromatic heterocycles. The van der Waals surface area contributed by atoms with Gasteiger partial charge >= 0.3 is 0 Å². The number of hydrogen-bond acceptors (Lipinski definition) is 0. The molecule has 0 fully saturated rings. The first-order valence-electron chi connectivity index (χ1n) is 16.8. The van der Waals surface area contributed by atoms with Gasteiger partial charge in [-0.2, -0.15) is 9.13 Å². The summed E-state index contributed by atoms with van der Waals surface area (Å²) in [7, 11) is 0. The zero-order valence-electron chi connectivity index (χ0n) is 28.0. The van der Waals surface area contributed by atoms with Gasteiger partial charge in [-0.3, -0.25) is 0 Å². The highest BCUT2D eigenvalue weighted by Crippen LogP contribution is 2.19. The van der Waals surface area contributed by atoms with Gasteiger partial charge in [0.15, 0.2) is 62.7 Å². The summed E-state index contributed by atoms with van der Waals surface area (Å²) in [6.45, 7) is 8.14. The maximum absolute atomic E-state index is 2.35. The van der Waals surface area contributed by atoms with Crippen molar-refractivity contribution in [2.24, 2.45) is 0 Å². The molecule has 0 bridgehead atoms. The average molecular weight is 627 g/mol. The van der Waals surface area contributed by atoms with Crippen molar-refractivity contribution in [1.82, 2.24) is 0 Å². The van der Waals surface area contributed by atoms with Crippen molar-refractivity contribution in [2.75, 3.05) is 0 Å². The Morgan fingerprint density at radius 2 is 0.688 bits per heavy atom. The molecule has 0 atom stereocenters. The van der Waals surface area contributed by atoms with Crippen molar-refractivity contribution >= 4 is 0 Å². The maximum atomic E-state index is 2.35. The quantitative estimate of drug-likeness (QED) is 0.148. The van der Waals surface area contributed by atoms with Crippen LogP contribution in [0.25, 0.3) is 33.6 Å². The summed E-state index contributed by atoms with van der Waals surface area (Å²) in [5.41, 5.74) is 13.7. The van der Waals surface area contributed by atoms with Crippen LogP contribution in [0.4, 0.5) is 0 Å².